The molecule has 0 saturated carbocycles. The highest BCUT2D eigenvalue weighted by atomic mass is 35.5. The lowest BCUT2D eigenvalue weighted by atomic mass is 10.1. The third kappa shape index (κ3) is 5.16. The summed E-state index contributed by atoms with van der Waals surface area (Å²) in [7, 11) is 3.25. The molecule has 0 aliphatic carbocycles. The molecule has 0 bridgehead atoms. The van der Waals surface area contributed by atoms with Gasteiger partial charge in [-0.05, 0) is 37.5 Å². The lowest BCUT2D eigenvalue weighted by Crippen LogP contribution is -2.34. The molecule has 9 heteroatoms. The van der Waals surface area contributed by atoms with Crippen molar-refractivity contribution >= 4 is 35.0 Å². The Morgan fingerprint density at radius 2 is 1.86 bits per heavy atom. The van der Waals surface area contributed by atoms with Gasteiger partial charge in [0.1, 0.15) is 10.3 Å². The number of ether oxygens (including phenoxy) is 1. The minimum Gasteiger partial charge on any atom is -0.481 e. The third-order valence-electron chi connectivity index (χ3n) is 4.85. The summed E-state index contributed by atoms with van der Waals surface area (Å²) in [6.45, 7) is 3.57. The van der Waals surface area contributed by atoms with Crippen LogP contribution in [0.5, 0.6) is 5.88 Å². The second kappa shape index (κ2) is 8.97. The highest BCUT2D eigenvalue weighted by molar-refractivity contribution is 6.33. The molecule has 1 fully saturated rings. The second-order valence-corrected chi connectivity index (χ2v) is 7.91. The average molecular weight is 437 g/mol. The number of aryl methyl sites for hydroxylation is 1. The number of pyridine rings is 2. The Balaban J connectivity index is 1.62. The van der Waals surface area contributed by atoms with Gasteiger partial charge in [-0.1, -0.05) is 23.2 Å². The molecule has 3 heterocycles. The van der Waals surface area contributed by atoms with Crippen molar-refractivity contribution in [3.63, 3.8) is 0 Å². The second-order valence-electron chi connectivity index (χ2n) is 7.13. The topological polar surface area (TPSA) is 75.6 Å². The molecule has 1 unspecified atom stereocenters. The number of methoxy groups -OCH3 is 1. The molecule has 1 saturated heterocycles. The van der Waals surface area contributed by atoms with Crippen LogP contribution in [0.3, 0.4) is 0 Å². The van der Waals surface area contributed by atoms with Crippen molar-refractivity contribution in [1.82, 2.24) is 19.8 Å². The number of halogens is 2. The molecule has 1 aliphatic rings. The molecule has 0 radical (unpaired) electrons. The Bertz CT molecular complexity index is 918. The van der Waals surface area contributed by atoms with Gasteiger partial charge in [-0.25, -0.2) is 9.97 Å². The molecule has 2 aromatic rings. The molecule has 1 atom stereocenters. The van der Waals surface area contributed by atoms with Gasteiger partial charge in [0.2, 0.25) is 5.88 Å². The molecule has 29 heavy (non-hydrogen) atoms. The van der Waals surface area contributed by atoms with Gasteiger partial charge >= 0.3 is 0 Å². The van der Waals surface area contributed by atoms with Crippen molar-refractivity contribution in [3.8, 4) is 5.88 Å². The number of hydrogen-bond donors (Lipinski definition) is 0. The highest BCUT2D eigenvalue weighted by Crippen LogP contribution is 2.22. The quantitative estimate of drug-likeness (QED) is 0.671. The number of hydrogen-bond acceptors (Lipinski definition) is 5. The molecular weight excluding hydrogens is 415 g/mol. The molecule has 3 rings (SSSR count). The van der Waals surface area contributed by atoms with Crippen molar-refractivity contribution in [1.29, 1.82) is 0 Å². The van der Waals surface area contributed by atoms with Crippen LogP contribution in [-0.2, 0) is 0 Å². The van der Waals surface area contributed by atoms with E-state index in [4.69, 9.17) is 27.9 Å². The summed E-state index contributed by atoms with van der Waals surface area (Å²) < 4.78 is 5.16. The number of likely N-dealkylation sites (tertiary alicyclic amines) is 1. The Morgan fingerprint density at radius 3 is 2.52 bits per heavy atom. The van der Waals surface area contributed by atoms with Crippen LogP contribution >= 0.6 is 23.2 Å². The first-order valence-corrected chi connectivity index (χ1v) is 9.93. The van der Waals surface area contributed by atoms with Gasteiger partial charge in [0.05, 0.1) is 7.11 Å². The number of rotatable bonds is 5. The first-order chi connectivity index (χ1) is 13.8. The lowest BCUT2D eigenvalue weighted by Gasteiger charge is -2.22. The third-order valence-corrected chi connectivity index (χ3v) is 5.23. The van der Waals surface area contributed by atoms with E-state index in [-0.39, 0.29) is 28.0 Å². The number of nitrogens with zero attached hydrogens (tertiary/aromatic N) is 4. The van der Waals surface area contributed by atoms with Crippen LogP contribution in [-0.4, -0.2) is 65.4 Å². The zero-order chi connectivity index (χ0) is 21.1. The van der Waals surface area contributed by atoms with Crippen LogP contribution in [0.4, 0.5) is 0 Å². The molecule has 0 N–H and O–H groups in total. The van der Waals surface area contributed by atoms with Gasteiger partial charge in [-0.15, -0.1) is 0 Å². The SMILES string of the molecule is COc1cc(C(=O)N2CCC(CN(C)C(=O)c3cc(Cl)nc(Cl)c3)C2)cc(C)n1. The predicted octanol–water partition coefficient (Wildman–Crippen LogP) is 3.33. The highest BCUT2D eigenvalue weighted by Gasteiger charge is 2.29. The summed E-state index contributed by atoms with van der Waals surface area (Å²) in [5, 5.41) is 0.352. The summed E-state index contributed by atoms with van der Waals surface area (Å²) in [6.07, 6.45) is 0.822. The van der Waals surface area contributed by atoms with Crippen molar-refractivity contribution in [2.75, 3.05) is 33.8 Å². The predicted molar refractivity (Wildman–Crippen MR) is 111 cm³/mol. The number of carbonyl (C=O) groups is 2. The molecule has 154 valence electrons. The summed E-state index contributed by atoms with van der Waals surface area (Å²) in [6, 6.07) is 6.39. The zero-order valence-corrected chi connectivity index (χ0v) is 18.0. The lowest BCUT2D eigenvalue weighted by molar-refractivity contribution is 0.0758. The van der Waals surface area contributed by atoms with Crippen LogP contribution in [0.25, 0.3) is 0 Å². The van der Waals surface area contributed by atoms with Gasteiger partial charge in [-0.3, -0.25) is 9.59 Å². The standard InChI is InChI=1S/C20H22Cl2N4O3/c1-12-6-14(9-18(23-12)29-3)20(28)26-5-4-13(11-26)10-25(2)19(27)15-7-16(21)24-17(22)8-15/h6-9,13H,4-5,10-11H2,1-3H3. The van der Waals surface area contributed by atoms with Crippen molar-refractivity contribution in [2.24, 2.45) is 5.92 Å². The summed E-state index contributed by atoms with van der Waals surface area (Å²) in [5.41, 5.74) is 1.67. The monoisotopic (exact) mass is 436 g/mol. The minimum absolute atomic E-state index is 0.0574. The van der Waals surface area contributed by atoms with E-state index in [0.29, 0.717) is 36.6 Å². The van der Waals surface area contributed by atoms with Crippen molar-refractivity contribution in [3.05, 3.63) is 51.4 Å². The molecule has 1 aliphatic heterocycles. The van der Waals surface area contributed by atoms with E-state index >= 15 is 0 Å². The maximum Gasteiger partial charge on any atom is 0.254 e. The molecule has 2 aromatic heterocycles. The maximum absolute atomic E-state index is 12.9. The van der Waals surface area contributed by atoms with Gasteiger partial charge < -0.3 is 14.5 Å². The summed E-state index contributed by atoms with van der Waals surface area (Å²) in [5.74, 6) is 0.364. The number of aromatic nitrogens is 2. The maximum atomic E-state index is 12.9. The smallest absolute Gasteiger partial charge is 0.254 e. The summed E-state index contributed by atoms with van der Waals surface area (Å²) in [4.78, 5) is 37.0. The van der Waals surface area contributed by atoms with Crippen LogP contribution < -0.4 is 4.74 Å². The van der Waals surface area contributed by atoms with E-state index in [1.165, 1.54) is 19.2 Å². The first-order valence-electron chi connectivity index (χ1n) is 9.17. The fourth-order valence-electron chi connectivity index (χ4n) is 3.49. The Labute approximate surface area is 179 Å². The van der Waals surface area contributed by atoms with Crippen molar-refractivity contribution < 1.29 is 14.3 Å². The van der Waals surface area contributed by atoms with E-state index < -0.39 is 0 Å². The fourth-order valence-corrected chi connectivity index (χ4v) is 3.95. The molecule has 0 spiro atoms. The van der Waals surface area contributed by atoms with Crippen LogP contribution in [0.15, 0.2) is 24.3 Å². The number of amides is 2. The van der Waals surface area contributed by atoms with E-state index in [0.717, 1.165) is 12.1 Å². The van der Waals surface area contributed by atoms with E-state index in [2.05, 4.69) is 9.97 Å². The molecular formula is C20H22Cl2N4O3. The minimum atomic E-state index is -0.185. The van der Waals surface area contributed by atoms with E-state index in [1.54, 1.807) is 29.0 Å². The van der Waals surface area contributed by atoms with E-state index in [1.807, 2.05) is 6.92 Å². The summed E-state index contributed by atoms with van der Waals surface area (Å²) >= 11 is 11.8. The first kappa shape index (κ1) is 21.3. The van der Waals surface area contributed by atoms with Gasteiger partial charge in [0.25, 0.3) is 11.8 Å². The largest absolute Gasteiger partial charge is 0.481 e. The van der Waals surface area contributed by atoms with Gasteiger partial charge in [0, 0.05) is 49.6 Å². The Kier molecular flexibility index (Phi) is 6.59. The fraction of sp³-hybridized carbons (Fsp3) is 0.400. The Morgan fingerprint density at radius 1 is 1.17 bits per heavy atom. The van der Waals surface area contributed by atoms with Gasteiger partial charge in [0.15, 0.2) is 0 Å². The van der Waals surface area contributed by atoms with Crippen LogP contribution in [0.1, 0.15) is 32.8 Å². The molecule has 2 amide bonds. The normalized spacial score (nSPS) is 16.0. The molecule has 7 nitrogen and oxygen atoms in total. The van der Waals surface area contributed by atoms with Crippen LogP contribution in [0, 0.1) is 12.8 Å². The molecule has 0 aromatic carbocycles. The van der Waals surface area contributed by atoms with Gasteiger partial charge in [-0.2, -0.15) is 0 Å². The van der Waals surface area contributed by atoms with Crippen LogP contribution in [0.2, 0.25) is 10.3 Å². The van der Waals surface area contributed by atoms with Crippen molar-refractivity contribution in [2.45, 2.75) is 13.3 Å². The Hall–Kier alpha value is -2.38. The zero-order valence-electron chi connectivity index (χ0n) is 16.5. The number of carbonyl (C=O) groups excluding carboxylic acids is 2. The van der Waals surface area contributed by atoms with E-state index in [9.17, 15) is 9.59 Å². The average Bonchev–Trinajstić information content (AvgIpc) is 3.13.